The molecule has 0 bridgehead atoms. The number of halogens is 4. The Bertz CT molecular complexity index is 379. The van der Waals surface area contributed by atoms with Crippen LogP contribution >= 0.6 is 11.6 Å². The van der Waals surface area contributed by atoms with Gasteiger partial charge in [-0.25, -0.2) is 0 Å². The molecule has 90 valence electrons. The van der Waals surface area contributed by atoms with E-state index in [1.165, 1.54) is 19.1 Å². The summed E-state index contributed by atoms with van der Waals surface area (Å²) in [4.78, 5) is 0. The fourth-order valence-corrected chi connectivity index (χ4v) is 1.66. The number of nitrogens with two attached hydrogens (primary N) is 1. The molecule has 0 amide bonds. The second-order valence-electron chi connectivity index (χ2n) is 3.51. The highest BCUT2D eigenvalue weighted by atomic mass is 35.5. The van der Waals surface area contributed by atoms with E-state index < -0.39 is 28.9 Å². The van der Waals surface area contributed by atoms with Crippen LogP contribution in [-0.2, 0) is 6.18 Å². The minimum Gasteiger partial charge on any atom is -0.387 e. The molecule has 0 aromatic heterocycles. The quantitative estimate of drug-likeness (QED) is 0.851. The van der Waals surface area contributed by atoms with Crippen molar-refractivity contribution in [3.8, 4) is 0 Å². The van der Waals surface area contributed by atoms with Crippen LogP contribution in [0.25, 0.3) is 0 Å². The summed E-state index contributed by atoms with van der Waals surface area (Å²) in [7, 11) is 0. The van der Waals surface area contributed by atoms with Gasteiger partial charge in [0.1, 0.15) is 0 Å². The molecule has 0 fully saturated rings. The van der Waals surface area contributed by atoms with E-state index in [4.69, 9.17) is 17.3 Å². The van der Waals surface area contributed by atoms with Crippen molar-refractivity contribution < 1.29 is 18.3 Å². The molecule has 0 radical (unpaired) electrons. The minimum atomic E-state index is -4.61. The van der Waals surface area contributed by atoms with Crippen LogP contribution in [0.15, 0.2) is 18.2 Å². The average Bonchev–Trinajstić information content (AvgIpc) is 2.14. The van der Waals surface area contributed by atoms with Gasteiger partial charge in [0, 0.05) is 6.04 Å². The zero-order chi connectivity index (χ0) is 12.5. The van der Waals surface area contributed by atoms with Crippen LogP contribution in [0.1, 0.15) is 24.2 Å². The third kappa shape index (κ3) is 2.66. The second kappa shape index (κ2) is 4.61. The van der Waals surface area contributed by atoms with Crippen molar-refractivity contribution in [3.63, 3.8) is 0 Å². The largest absolute Gasteiger partial charge is 0.418 e. The van der Waals surface area contributed by atoms with Crippen molar-refractivity contribution in [2.75, 3.05) is 0 Å². The molecule has 0 saturated carbocycles. The first kappa shape index (κ1) is 13.3. The predicted octanol–water partition coefficient (Wildman–Crippen LogP) is 2.74. The molecule has 0 aliphatic rings. The summed E-state index contributed by atoms with van der Waals surface area (Å²) in [5, 5.41) is 9.14. The number of benzene rings is 1. The van der Waals surface area contributed by atoms with E-state index in [-0.39, 0.29) is 5.56 Å². The maximum atomic E-state index is 12.7. The lowest BCUT2D eigenvalue weighted by molar-refractivity contribution is -0.139. The predicted molar refractivity (Wildman–Crippen MR) is 55.1 cm³/mol. The molecule has 1 aromatic rings. The lowest BCUT2D eigenvalue weighted by Crippen LogP contribution is -2.26. The molecule has 2 atom stereocenters. The molecule has 0 spiro atoms. The average molecular weight is 254 g/mol. The molecule has 6 heteroatoms. The van der Waals surface area contributed by atoms with Crippen LogP contribution in [0, 0.1) is 0 Å². The molecule has 0 saturated heterocycles. The van der Waals surface area contributed by atoms with Gasteiger partial charge in [-0.1, -0.05) is 23.7 Å². The van der Waals surface area contributed by atoms with Crippen LogP contribution in [0.2, 0.25) is 5.02 Å². The Labute approximate surface area is 95.8 Å². The molecular formula is C10H11ClF3NO. The summed E-state index contributed by atoms with van der Waals surface area (Å²) in [6.45, 7) is 1.42. The molecule has 0 aliphatic carbocycles. The van der Waals surface area contributed by atoms with Crippen molar-refractivity contribution in [1.29, 1.82) is 0 Å². The standard InChI is InChI=1S/C10H11ClF3NO/c1-5(15)9(16)6-3-2-4-7(11)8(6)10(12,13)14/h2-5,9,16H,15H2,1H3/t5-,9-/m1/s1. The van der Waals surface area contributed by atoms with Gasteiger partial charge in [-0.2, -0.15) is 13.2 Å². The van der Waals surface area contributed by atoms with Crippen molar-refractivity contribution in [3.05, 3.63) is 34.3 Å². The number of hydrogen-bond donors (Lipinski definition) is 2. The highest BCUT2D eigenvalue weighted by molar-refractivity contribution is 6.31. The van der Waals surface area contributed by atoms with E-state index in [1.807, 2.05) is 0 Å². The number of aliphatic hydroxyl groups is 1. The first-order valence-corrected chi connectivity index (χ1v) is 4.92. The van der Waals surface area contributed by atoms with Gasteiger partial charge in [0.2, 0.25) is 0 Å². The van der Waals surface area contributed by atoms with Crippen LogP contribution in [0.3, 0.4) is 0 Å². The minimum absolute atomic E-state index is 0.296. The van der Waals surface area contributed by atoms with Gasteiger partial charge < -0.3 is 10.8 Å². The van der Waals surface area contributed by atoms with Gasteiger partial charge in [0.25, 0.3) is 0 Å². The molecule has 1 aromatic carbocycles. The second-order valence-corrected chi connectivity index (χ2v) is 3.91. The molecule has 3 N–H and O–H groups in total. The number of alkyl halides is 3. The summed E-state index contributed by atoms with van der Waals surface area (Å²) in [5.41, 5.74) is 4.05. The van der Waals surface area contributed by atoms with E-state index in [2.05, 4.69) is 0 Å². The summed E-state index contributed by atoms with van der Waals surface area (Å²) < 4.78 is 38.1. The van der Waals surface area contributed by atoms with E-state index in [1.54, 1.807) is 0 Å². The highest BCUT2D eigenvalue weighted by Gasteiger charge is 2.37. The Morgan fingerprint density at radius 3 is 2.38 bits per heavy atom. The van der Waals surface area contributed by atoms with Gasteiger partial charge in [-0.15, -0.1) is 0 Å². The Morgan fingerprint density at radius 2 is 1.94 bits per heavy atom. The summed E-state index contributed by atoms with van der Waals surface area (Å²) in [5.74, 6) is 0. The number of aliphatic hydroxyl groups excluding tert-OH is 1. The Morgan fingerprint density at radius 1 is 1.38 bits per heavy atom. The Hall–Kier alpha value is -0.780. The van der Waals surface area contributed by atoms with Crippen LogP contribution in [-0.4, -0.2) is 11.1 Å². The molecule has 0 aliphatic heterocycles. The van der Waals surface area contributed by atoms with Gasteiger partial charge in [-0.3, -0.25) is 0 Å². The third-order valence-corrected chi connectivity index (χ3v) is 2.46. The van der Waals surface area contributed by atoms with E-state index in [0.717, 1.165) is 6.07 Å². The van der Waals surface area contributed by atoms with Crippen molar-refractivity contribution >= 4 is 11.6 Å². The molecule has 0 heterocycles. The number of rotatable bonds is 2. The number of hydrogen-bond acceptors (Lipinski definition) is 2. The smallest absolute Gasteiger partial charge is 0.387 e. The van der Waals surface area contributed by atoms with E-state index >= 15 is 0 Å². The maximum absolute atomic E-state index is 12.7. The molecule has 0 unspecified atom stereocenters. The summed E-state index contributed by atoms with van der Waals surface area (Å²) in [6.07, 6.45) is -6.00. The monoisotopic (exact) mass is 253 g/mol. The van der Waals surface area contributed by atoms with Gasteiger partial charge in [0.05, 0.1) is 16.7 Å². The molecule has 2 nitrogen and oxygen atoms in total. The van der Waals surface area contributed by atoms with Crippen molar-refractivity contribution in [2.24, 2.45) is 5.73 Å². The van der Waals surface area contributed by atoms with Gasteiger partial charge in [-0.05, 0) is 18.6 Å². The third-order valence-electron chi connectivity index (χ3n) is 2.15. The zero-order valence-electron chi connectivity index (χ0n) is 8.42. The lowest BCUT2D eigenvalue weighted by Gasteiger charge is -2.20. The van der Waals surface area contributed by atoms with Gasteiger partial charge >= 0.3 is 6.18 Å². The Kier molecular flexibility index (Phi) is 3.83. The van der Waals surface area contributed by atoms with Crippen LogP contribution in [0.5, 0.6) is 0 Å². The van der Waals surface area contributed by atoms with Crippen molar-refractivity contribution in [2.45, 2.75) is 25.2 Å². The van der Waals surface area contributed by atoms with E-state index in [9.17, 15) is 18.3 Å². The fourth-order valence-electron chi connectivity index (χ4n) is 1.37. The first-order chi connectivity index (χ1) is 7.25. The normalized spacial score (nSPS) is 15.9. The van der Waals surface area contributed by atoms with E-state index in [0.29, 0.717) is 0 Å². The highest BCUT2D eigenvalue weighted by Crippen LogP contribution is 2.39. The molecule has 16 heavy (non-hydrogen) atoms. The first-order valence-electron chi connectivity index (χ1n) is 4.54. The maximum Gasteiger partial charge on any atom is 0.418 e. The molecular weight excluding hydrogens is 243 g/mol. The fraction of sp³-hybridized carbons (Fsp3) is 0.400. The summed E-state index contributed by atoms with van der Waals surface area (Å²) >= 11 is 5.49. The van der Waals surface area contributed by atoms with Crippen LogP contribution in [0.4, 0.5) is 13.2 Å². The SMILES string of the molecule is C[C@@H](N)[C@@H](O)c1cccc(Cl)c1C(F)(F)F. The Balaban J connectivity index is 3.35. The van der Waals surface area contributed by atoms with Crippen LogP contribution < -0.4 is 5.73 Å². The zero-order valence-corrected chi connectivity index (χ0v) is 9.18. The summed E-state index contributed by atoms with van der Waals surface area (Å²) in [6, 6.07) is 2.84. The van der Waals surface area contributed by atoms with Gasteiger partial charge in [0.15, 0.2) is 0 Å². The molecule has 1 rings (SSSR count). The van der Waals surface area contributed by atoms with Crippen molar-refractivity contribution in [1.82, 2.24) is 0 Å². The topological polar surface area (TPSA) is 46.2 Å². The lowest BCUT2D eigenvalue weighted by atomic mass is 9.98.